The SMILES string of the molecule is COc1ccccc1C(NC(=O)c1ccc(C)s1)c1ccccn1. The molecule has 0 fully saturated rings. The molecule has 2 heterocycles. The van der Waals surface area contributed by atoms with Gasteiger partial charge in [0.15, 0.2) is 0 Å². The standard InChI is InChI=1S/C19H18N2O2S/c1-13-10-11-17(24-13)19(22)21-18(15-8-5-6-12-20-15)14-7-3-4-9-16(14)23-2/h3-12,18H,1-2H3,(H,21,22). The molecule has 122 valence electrons. The van der Waals surface area contributed by atoms with Crippen LogP contribution in [0.3, 0.4) is 0 Å². The highest BCUT2D eigenvalue weighted by Gasteiger charge is 2.22. The molecular weight excluding hydrogens is 320 g/mol. The van der Waals surface area contributed by atoms with Crippen LogP contribution in [0.15, 0.2) is 60.8 Å². The van der Waals surface area contributed by atoms with Crippen molar-refractivity contribution in [2.45, 2.75) is 13.0 Å². The minimum absolute atomic E-state index is 0.116. The number of thiophene rings is 1. The number of methoxy groups -OCH3 is 1. The van der Waals surface area contributed by atoms with Crippen molar-refractivity contribution in [1.29, 1.82) is 0 Å². The molecule has 3 rings (SSSR count). The van der Waals surface area contributed by atoms with Crippen molar-refractivity contribution in [1.82, 2.24) is 10.3 Å². The van der Waals surface area contributed by atoms with Gasteiger partial charge in [0.25, 0.3) is 5.91 Å². The molecule has 0 spiro atoms. The van der Waals surface area contributed by atoms with Crippen LogP contribution < -0.4 is 10.1 Å². The Morgan fingerprint density at radius 2 is 1.92 bits per heavy atom. The number of aryl methyl sites for hydroxylation is 1. The van der Waals surface area contributed by atoms with E-state index in [-0.39, 0.29) is 11.9 Å². The second kappa shape index (κ2) is 7.27. The van der Waals surface area contributed by atoms with E-state index in [1.54, 1.807) is 13.3 Å². The van der Waals surface area contributed by atoms with E-state index in [9.17, 15) is 4.79 Å². The first-order valence-electron chi connectivity index (χ1n) is 7.60. The van der Waals surface area contributed by atoms with Crippen LogP contribution in [0.5, 0.6) is 5.75 Å². The number of pyridine rings is 1. The predicted molar refractivity (Wildman–Crippen MR) is 95.6 cm³/mol. The summed E-state index contributed by atoms with van der Waals surface area (Å²) in [4.78, 5) is 18.8. The number of aromatic nitrogens is 1. The summed E-state index contributed by atoms with van der Waals surface area (Å²) in [7, 11) is 1.62. The van der Waals surface area contributed by atoms with Gasteiger partial charge in [0, 0.05) is 16.6 Å². The lowest BCUT2D eigenvalue weighted by Gasteiger charge is -2.20. The lowest BCUT2D eigenvalue weighted by molar-refractivity contribution is 0.0946. The average molecular weight is 338 g/mol. The van der Waals surface area contributed by atoms with E-state index in [4.69, 9.17) is 4.74 Å². The lowest BCUT2D eigenvalue weighted by Crippen LogP contribution is -2.29. The van der Waals surface area contributed by atoms with E-state index in [2.05, 4.69) is 10.3 Å². The van der Waals surface area contributed by atoms with E-state index >= 15 is 0 Å². The van der Waals surface area contributed by atoms with E-state index < -0.39 is 0 Å². The summed E-state index contributed by atoms with van der Waals surface area (Å²) in [5.41, 5.74) is 1.64. The third-order valence-corrected chi connectivity index (χ3v) is 4.67. The molecule has 3 aromatic rings. The summed E-state index contributed by atoms with van der Waals surface area (Å²) in [6, 6.07) is 16.7. The highest BCUT2D eigenvalue weighted by atomic mass is 32.1. The number of benzene rings is 1. The van der Waals surface area contributed by atoms with Crippen LogP contribution in [0.1, 0.15) is 31.8 Å². The summed E-state index contributed by atoms with van der Waals surface area (Å²) in [5.74, 6) is 0.602. The Hall–Kier alpha value is -2.66. The number of ether oxygens (including phenoxy) is 1. The van der Waals surface area contributed by atoms with Gasteiger partial charge in [-0.15, -0.1) is 11.3 Å². The molecule has 1 amide bonds. The van der Waals surface area contributed by atoms with Crippen LogP contribution in [0.4, 0.5) is 0 Å². The van der Waals surface area contributed by atoms with Gasteiger partial charge in [-0.05, 0) is 37.3 Å². The fraction of sp³-hybridized carbons (Fsp3) is 0.158. The smallest absolute Gasteiger partial charge is 0.262 e. The third kappa shape index (κ3) is 3.46. The molecule has 5 heteroatoms. The molecule has 0 aliphatic heterocycles. The molecule has 0 bridgehead atoms. The normalized spacial score (nSPS) is 11.8. The topological polar surface area (TPSA) is 51.2 Å². The fourth-order valence-corrected chi connectivity index (χ4v) is 3.29. The summed E-state index contributed by atoms with van der Waals surface area (Å²) in [6.45, 7) is 1.98. The minimum Gasteiger partial charge on any atom is -0.496 e. The summed E-state index contributed by atoms with van der Waals surface area (Å²) < 4.78 is 5.46. The molecule has 0 saturated carbocycles. The van der Waals surface area contributed by atoms with E-state index in [1.165, 1.54) is 11.3 Å². The zero-order valence-corrected chi connectivity index (χ0v) is 14.3. The molecule has 1 aromatic carbocycles. The number of hydrogen-bond acceptors (Lipinski definition) is 4. The van der Waals surface area contributed by atoms with Crippen molar-refractivity contribution in [3.05, 3.63) is 81.8 Å². The number of nitrogens with zero attached hydrogens (tertiary/aromatic N) is 1. The van der Waals surface area contributed by atoms with Gasteiger partial charge in [0.2, 0.25) is 0 Å². The summed E-state index contributed by atoms with van der Waals surface area (Å²) >= 11 is 1.47. The van der Waals surface area contributed by atoms with E-state index in [0.717, 1.165) is 21.9 Å². The molecule has 1 N–H and O–H groups in total. The Balaban J connectivity index is 1.98. The molecule has 4 nitrogen and oxygen atoms in total. The summed E-state index contributed by atoms with van der Waals surface area (Å²) in [5, 5.41) is 3.08. The van der Waals surface area contributed by atoms with Gasteiger partial charge >= 0.3 is 0 Å². The van der Waals surface area contributed by atoms with E-state index in [1.807, 2.05) is 61.5 Å². The molecule has 0 radical (unpaired) electrons. The molecular formula is C19H18N2O2S. The van der Waals surface area contributed by atoms with Gasteiger partial charge in [-0.25, -0.2) is 0 Å². The van der Waals surface area contributed by atoms with Crippen molar-refractivity contribution in [3.63, 3.8) is 0 Å². The monoisotopic (exact) mass is 338 g/mol. The van der Waals surface area contributed by atoms with Crippen LogP contribution in [0, 0.1) is 6.92 Å². The molecule has 0 saturated heterocycles. The number of para-hydroxylation sites is 1. The van der Waals surface area contributed by atoms with Gasteiger partial charge in [0.1, 0.15) is 11.8 Å². The highest BCUT2D eigenvalue weighted by Crippen LogP contribution is 2.29. The Bertz CT molecular complexity index is 830. The predicted octanol–water partition coefficient (Wildman–Crippen LogP) is 3.98. The second-order valence-electron chi connectivity index (χ2n) is 5.31. The highest BCUT2D eigenvalue weighted by molar-refractivity contribution is 7.13. The maximum absolute atomic E-state index is 12.6. The zero-order chi connectivity index (χ0) is 16.9. The Labute approximate surface area is 145 Å². The van der Waals surface area contributed by atoms with Gasteiger partial charge < -0.3 is 10.1 Å². The second-order valence-corrected chi connectivity index (χ2v) is 6.60. The zero-order valence-electron chi connectivity index (χ0n) is 13.5. The number of carbonyl (C=O) groups excluding carboxylic acids is 1. The number of amides is 1. The Morgan fingerprint density at radius 1 is 1.12 bits per heavy atom. The first-order valence-corrected chi connectivity index (χ1v) is 8.42. The van der Waals surface area contributed by atoms with Crippen LogP contribution in [-0.4, -0.2) is 18.0 Å². The van der Waals surface area contributed by atoms with Crippen molar-refractivity contribution >= 4 is 17.2 Å². The largest absolute Gasteiger partial charge is 0.496 e. The molecule has 0 aliphatic rings. The Morgan fingerprint density at radius 3 is 2.58 bits per heavy atom. The van der Waals surface area contributed by atoms with Crippen molar-refractivity contribution in [2.75, 3.05) is 7.11 Å². The summed E-state index contributed by atoms with van der Waals surface area (Å²) in [6.07, 6.45) is 1.72. The maximum Gasteiger partial charge on any atom is 0.262 e. The van der Waals surface area contributed by atoms with Crippen LogP contribution in [-0.2, 0) is 0 Å². The first kappa shape index (κ1) is 16.2. The van der Waals surface area contributed by atoms with Crippen molar-refractivity contribution < 1.29 is 9.53 Å². The number of carbonyl (C=O) groups is 1. The quantitative estimate of drug-likeness (QED) is 0.765. The third-order valence-electron chi connectivity index (χ3n) is 3.67. The molecule has 1 unspecified atom stereocenters. The molecule has 2 aromatic heterocycles. The number of nitrogens with one attached hydrogen (secondary N) is 1. The number of hydrogen-bond donors (Lipinski definition) is 1. The lowest BCUT2D eigenvalue weighted by atomic mass is 10.0. The minimum atomic E-state index is -0.378. The molecule has 1 atom stereocenters. The molecule has 24 heavy (non-hydrogen) atoms. The Kier molecular flexibility index (Phi) is 4.91. The van der Waals surface area contributed by atoms with Crippen LogP contribution in [0.25, 0.3) is 0 Å². The van der Waals surface area contributed by atoms with Gasteiger partial charge in [-0.2, -0.15) is 0 Å². The molecule has 0 aliphatic carbocycles. The van der Waals surface area contributed by atoms with Crippen LogP contribution >= 0.6 is 11.3 Å². The maximum atomic E-state index is 12.6. The van der Waals surface area contributed by atoms with Crippen molar-refractivity contribution in [2.24, 2.45) is 0 Å². The van der Waals surface area contributed by atoms with Crippen LogP contribution in [0.2, 0.25) is 0 Å². The first-order chi connectivity index (χ1) is 11.7. The van der Waals surface area contributed by atoms with Gasteiger partial charge in [0.05, 0.1) is 17.7 Å². The fourth-order valence-electron chi connectivity index (χ4n) is 2.52. The number of rotatable bonds is 5. The van der Waals surface area contributed by atoms with E-state index in [0.29, 0.717) is 4.88 Å². The van der Waals surface area contributed by atoms with Gasteiger partial charge in [-0.1, -0.05) is 24.3 Å². The average Bonchev–Trinajstić information content (AvgIpc) is 3.07. The van der Waals surface area contributed by atoms with Crippen molar-refractivity contribution in [3.8, 4) is 5.75 Å². The van der Waals surface area contributed by atoms with Gasteiger partial charge in [-0.3, -0.25) is 9.78 Å².